The van der Waals surface area contributed by atoms with Crippen molar-refractivity contribution in [2.75, 3.05) is 0 Å². The van der Waals surface area contributed by atoms with Crippen LogP contribution in [0.1, 0.15) is 34.0 Å². The molecular formula is C17H18O3. The van der Waals surface area contributed by atoms with E-state index in [1.165, 1.54) is 5.56 Å². The van der Waals surface area contributed by atoms with Gasteiger partial charge < -0.3 is 9.84 Å². The molecule has 2 rings (SSSR count). The Labute approximate surface area is 118 Å². The molecule has 0 fully saturated rings. The number of aromatic carboxylic acids is 1. The zero-order chi connectivity index (χ0) is 14.5. The molecule has 1 N–H and O–H groups in total. The molecule has 0 bridgehead atoms. The van der Waals surface area contributed by atoms with Crippen molar-refractivity contribution in [1.29, 1.82) is 0 Å². The van der Waals surface area contributed by atoms with Crippen molar-refractivity contribution >= 4 is 5.97 Å². The maximum absolute atomic E-state index is 11.1. The van der Waals surface area contributed by atoms with Crippen molar-refractivity contribution in [3.05, 3.63) is 64.7 Å². The number of carboxylic acid groups (broad SMARTS) is 1. The van der Waals surface area contributed by atoms with E-state index in [-0.39, 0.29) is 12.2 Å². The molecule has 2 aromatic carbocycles. The van der Waals surface area contributed by atoms with Gasteiger partial charge in [-0.3, -0.25) is 0 Å². The third-order valence-corrected chi connectivity index (χ3v) is 3.23. The second kappa shape index (κ2) is 6.24. The van der Waals surface area contributed by atoms with Crippen LogP contribution in [0, 0.1) is 6.92 Å². The van der Waals surface area contributed by atoms with E-state index in [0.717, 1.165) is 17.7 Å². The van der Waals surface area contributed by atoms with E-state index in [9.17, 15) is 4.79 Å². The van der Waals surface area contributed by atoms with Gasteiger partial charge in [0.1, 0.15) is 12.4 Å². The average molecular weight is 270 g/mol. The van der Waals surface area contributed by atoms with Crippen LogP contribution in [0.15, 0.2) is 42.5 Å². The normalized spacial score (nSPS) is 10.3. The van der Waals surface area contributed by atoms with Crippen molar-refractivity contribution in [1.82, 2.24) is 0 Å². The number of benzene rings is 2. The predicted octanol–water partition coefficient (Wildman–Crippen LogP) is 3.83. The topological polar surface area (TPSA) is 46.5 Å². The SMILES string of the molecule is CCc1cc(C)ccc1OCc1ccccc1C(=O)O. The lowest BCUT2D eigenvalue weighted by atomic mass is 10.1. The summed E-state index contributed by atoms with van der Waals surface area (Å²) in [6.07, 6.45) is 0.886. The summed E-state index contributed by atoms with van der Waals surface area (Å²) in [6, 6.07) is 12.9. The van der Waals surface area contributed by atoms with E-state index < -0.39 is 5.97 Å². The standard InChI is InChI=1S/C17H18O3/c1-3-13-10-12(2)8-9-16(13)20-11-14-6-4-5-7-15(14)17(18)19/h4-10H,3,11H2,1-2H3,(H,18,19). The highest BCUT2D eigenvalue weighted by atomic mass is 16.5. The van der Waals surface area contributed by atoms with Crippen molar-refractivity contribution in [2.24, 2.45) is 0 Å². The first-order valence-corrected chi connectivity index (χ1v) is 6.65. The first-order valence-electron chi connectivity index (χ1n) is 6.65. The molecule has 2 aromatic rings. The van der Waals surface area contributed by atoms with E-state index >= 15 is 0 Å². The van der Waals surface area contributed by atoms with Gasteiger partial charge in [-0.2, -0.15) is 0 Å². The largest absolute Gasteiger partial charge is 0.489 e. The zero-order valence-corrected chi connectivity index (χ0v) is 11.7. The van der Waals surface area contributed by atoms with Crippen molar-refractivity contribution in [2.45, 2.75) is 26.9 Å². The summed E-state index contributed by atoms with van der Waals surface area (Å²) in [5.74, 6) is -0.109. The Morgan fingerprint density at radius 1 is 1.15 bits per heavy atom. The number of carbonyl (C=O) groups is 1. The second-order valence-electron chi connectivity index (χ2n) is 4.72. The number of hydrogen-bond acceptors (Lipinski definition) is 2. The average Bonchev–Trinajstić information content (AvgIpc) is 2.46. The Kier molecular flexibility index (Phi) is 4.41. The number of hydrogen-bond donors (Lipinski definition) is 1. The third kappa shape index (κ3) is 3.18. The Morgan fingerprint density at radius 3 is 2.60 bits per heavy atom. The number of aryl methyl sites for hydroxylation is 2. The summed E-state index contributed by atoms with van der Waals surface area (Å²) in [6.45, 7) is 4.38. The molecule has 0 amide bonds. The molecule has 0 heterocycles. The molecule has 0 aliphatic heterocycles. The van der Waals surface area contributed by atoms with Crippen LogP contribution in [0.3, 0.4) is 0 Å². The highest BCUT2D eigenvalue weighted by Crippen LogP contribution is 2.22. The Hall–Kier alpha value is -2.29. The molecule has 0 atom stereocenters. The minimum Gasteiger partial charge on any atom is -0.489 e. The minimum atomic E-state index is -0.927. The summed E-state index contributed by atoms with van der Waals surface area (Å²) in [4.78, 5) is 11.1. The summed E-state index contributed by atoms with van der Waals surface area (Å²) in [5.41, 5.74) is 3.30. The number of carboxylic acids is 1. The lowest BCUT2D eigenvalue weighted by molar-refractivity contribution is 0.0694. The highest BCUT2D eigenvalue weighted by molar-refractivity contribution is 5.89. The van der Waals surface area contributed by atoms with Gasteiger partial charge in [-0.05, 0) is 31.0 Å². The quantitative estimate of drug-likeness (QED) is 0.898. The molecule has 0 aliphatic rings. The maximum Gasteiger partial charge on any atom is 0.336 e. The Balaban J connectivity index is 2.19. The first-order chi connectivity index (χ1) is 9.61. The van der Waals surface area contributed by atoms with Crippen LogP contribution >= 0.6 is 0 Å². The smallest absolute Gasteiger partial charge is 0.336 e. The van der Waals surface area contributed by atoms with Crippen LogP contribution in [0.4, 0.5) is 0 Å². The van der Waals surface area contributed by atoms with Crippen molar-refractivity contribution in [3.63, 3.8) is 0 Å². The van der Waals surface area contributed by atoms with Gasteiger partial charge in [0.05, 0.1) is 5.56 Å². The fourth-order valence-electron chi connectivity index (χ4n) is 2.14. The summed E-state index contributed by atoms with van der Waals surface area (Å²) >= 11 is 0. The van der Waals surface area contributed by atoms with Crippen LogP contribution in [-0.4, -0.2) is 11.1 Å². The Morgan fingerprint density at radius 2 is 1.90 bits per heavy atom. The first kappa shape index (κ1) is 14.1. The van der Waals surface area contributed by atoms with Gasteiger partial charge in [-0.15, -0.1) is 0 Å². The molecule has 0 aromatic heterocycles. The number of rotatable bonds is 5. The predicted molar refractivity (Wildman–Crippen MR) is 78.3 cm³/mol. The minimum absolute atomic E-state index is 0.262. The molecule has 0 saturated carbocycles. The van der Waals surface area contributed by atoms with Crippen LogP contribution in [0.2, 0.25) is 0 Å². The second-order valence-corrected chi connectivity index (χ2v) is 4.72. The van der Waals surface area contributed by atoms with Gasteiger partial charge in [0.2, 0.25) is 0 Å². The summed E-state index contributed by atoms with van der Waals surface area (Å²) in [7, 11) is 0. The molecule has 104 valence electrons. The van der Waals surface area contributed by atoms with Gasteiger partial charge in [0.25, 0.3) is 0 Å². The zero-order valence-electron chi connectivity index (χ0n) is 11.7. The summed E-state index contributed by atoms with van der Waals surface area (Å²) in [5, 5.41) is 9.14. The molecule has 3 heteroatoms. The molecule has 0 saturated heterocycles. The van der Waals surface area contributed by atoms with Gasteiger partial charge in [0.15, 0.2) is 0 Å². The van der Waals surface area contributed by atoms with Gasteiger partial charge in [0, 0.05) is 5.56 Å². The van der Waals surface area contributed by atoms with Gasteiger partial charge in [-0.1, -0.05) is 42.8 Å². The number of ether oxygens (including phenoxy) is 1. The molecule has 0 spiro atoms. The molecule has 0 unspecified atom stereocenters. The molecular weight excluding hydrogens is 252 g/mol. The van der Waals surface area contributed by atoms with Crippen molar-refractivity contribution in [3.8, 4) is 5.75 Å². The molecule has 3 nitrogen and oxygen atoms in total. The van der Waals surface area contributed by atoms with Gasteiger partial charge >= 0.3 is 5.97 Å². The monoisotopic (exact) mass is 270 g/mol. The van der Waals surface area contributed by atoms with Crippen LogP contribution in [-0.2, 0) is 13.0 Å². The molecule has 0 aliphatic carbocycles. The van der Waals surface area contributed by atoms with Crippen LogP contribution < -0.4 is 4.74 Å². The fourth-order valence-corrected chi connectivity index (χ4v) is 2.14. The lowest BCUT2D eigenvalue weighted by Gasteiger charge is -2.12. The van der Waals surface area contributed by atoms with Crippen LogP contribution in [0.5, 0.6) is 5.75 Å². The molecule has 20 heavy (non-hydrogen) atoms. The summed E-state index contributed by atoms with van der Waals surface area (Å²) < 4.78 is 5.80. The molecule has 0 radical (unpaired) electrons. The fraction of sp³-hybridized carbons (Fsp3) is 0.235. The van der Waals surface area contributed by atoms with Gasteiger partial charge in [-0.25, -0.2) is 4.79 Å². The van der Waals surface area contributed by atoms with Crippen LogP contribution in [0.25, 0.3) is 0 Å². The Bertz CT molecular complexity index is 617. The third-order valence-electron chi connectivity index (χ3n) is 3.23. The van der Waals surface area contributed by atoms with E-state index in [1.54, 1.807) is 18.2 Å². The maximum atomic E-state index is 11.1. The highest BCUT2D eigenvalue weighted by Gasteiger charge is 2.10. The van der Waals surface area contributed by atoms with E-state index in [1.807, 2.05) is 25.1 Å². The van der Waals surface area contributed by atoms with E-state index in [4.69, 9.17) is 9.84 Å². The van der Waals surface area contributed by atoms with E-state index in [2.05, 4.69) is 13.0 Å². The van der Waals surface area contributed by atoms with E-state index in [0.29, 0.717) is 5.56 Å². The van der Waals surface area contributed by atoms with Crippen molar-refractivity contribution < 1.29 is 14.6 Å². The lowest BCUT2D eigenvalue weighted by Crippen LogP contribution is -2.06.